The lowest BCUT2D eigenvalue weighted by Gasteiger charge is -1.91. The Hall–Kier alpha value is -0.730. The molecule has 0 radical (unpaired) electrons. The van der Waals surface area contributed by atoms with Gasteiger partial charge in [0.15, 0.2) is 10.8 Å². The SMILES string of the molecule is Pn1ccc2c(Cl)nnnc21. The average Bonchev–Trinajstić information content (AvgIpc) is 2.35. The van der Waals surface area contributed by atoms with Crippen molar-refractivity contribution in [1.82, 2.24) is 19.7 Å². The van der Waals surface area contributed by atoms with Crippen molar-refractivity contribution in [3.8, 4) is 0 Å². The van der Waals surface area contributed by atoms with Gasteiger partial charge in [-0.15, -0.1) is 10.2 Å². The molecule has 0 aliphatic rings. The third-order valence-electron chi connectivity index (χ3n) is 1.38. The average molecular weight is 187 g/mol. The van der Waals surface area contributed by atoms with Crippen LogP contribution in [0.1, 0.15) is 0 Å². The minimum atomic E-state index is 0.385. The molecule has 6 heteroatoms. The van der Waals surface area contributed by atoms with Gasteiger partial charge in [-0.3, -0.25) is 0 Å². The highest BCUT2D eigenvalue weighted by molar-refractivity contribution is 7.14. The van der Waals surface area contributed by atoms with E-state index in [0.717, 1.165) is 11.0 Å². The number of hydrogen-bond donors (Lipinski definition) is 0. The molecule has 0 bridgehead atoms. The van der Waals surface area contributed by atoms with E-state index in [1.807, 2.05) is 12.3 Å². The Morgan fingerprint density at radius 3 is 3.00 bits per heavy atom. The summed E-state index contributed by atoms with van der Waals surface area (Å²) in [6.07, 6.45) is 1.83. The van der Waals surface area contributed by atoms with Gasteiger partial charge in [0.05, 0.1) is 5.39 Å². The van der Waals surface area contributed by atoms with Gasteiger partial charge in [0.2, 0.25) is 0 Å². The van der Waals surface area contributed by atoms with Crippen molar-refractivity contribution in [3.63, 3.8) is 0 Å². The number of fused-ring (bicyclic) bond motifs is 1. The summed E-state index contributed by atoms with van der Waals surface area (Å²) in [6.45, 7) is 0. The number of rotatable bonds is 0. The third kappa shape index (κ3) is 0.988. The van der Waals surface area contributed by atoms with Crippen LogP contribution in [0.5, 0.6) is 0 Å². The van der Waals surface area contributed by atoms with E-state index in [1.54, 1.807) is 4.34 Å². The van der Waals surface area contributed by atoms with Gasteiger partial charge in [-0.25, -0.2) is 0 Å². The van der Waals surface area contributed by atoms with Crippen LogP contribution < -0.4 is 0 Å². The lowest BCUT2D eigenvalue weighted by atomic mass is 10.4. The molecule has 0 aliphatic heterocycles. The van der Waals surface area contributed by atoms with Crippen molar-refractivity contribution in [2.24, 2.45) is 0 Å². The smallest absolute Gasteiger partial charge is 0.170 e. The second-order valence-electron chi connectivity index (χ2n) is 2.04. The second-order valence-corrected chi connectivity index (χ2v) is 2.95. The fraction of sp³-hybridized carbons (Fsp3) is 0. The molecule has 0 amide bonds. The van der Waals surface area contributed by atoms with Gasteiger partial charge >= 0.3 is 0 Å². The first-order chi connectivity index (χ1) is 5.29. The van der Waals surface area contributed by atoms with Crippen molar-refractivity contribution in [1.29, 1.82) is 0 Å². The summed E-state index contributed by atoms with van der Waals surface area (Å²) in [5.74, 6) is 0. The lowest BCUT2D eigenvalue weighted by Crippen LogP contribution is -1.89. The maximum atomic E-state index is 5.73. The first-order valence-electron chi connectivity index (χ1n) is 2.90. The topological polar surface area (TPSA) is 43.6 Å². The molecule has 0 aliphatic carbocycles. The number of halogens is 1. The Morgan fingerprint density at radius 1 is 1.45 bits per heavy atom. The summed E-state index contributed by atoms with van der Waals surface area (Å²) in [5, 5.41) is 12.1. The lowest BCUT2D eigenvalue weighted by molar-refractivity contribution is 0.886. The summed E-state index contributed by atoms with van der Waals surface area (Å²) >= 11 is 5.73. The Morgan fingerprint density at radius 2 is 2.27 bits per heavy atom. The van der Waals surface area contributed by atoms with Crippen LogP contribution in [0.25, 0.3) is 11.0 Å². The number of nitrogens with zero attached hydrogens (tertiary/aromatic N) is 4. The molecule has 0 fully saturated rings. The Kier molecular flexibility index (Phi) is 1.51. The molecular formula is C5H4ClN4P. The molecule has 2 aromatic heterocycles. The highest BCUT2D eigenvalue weighted by Gasteiger charge is 2.03. The molecule has 2 rings (SSSR count). The van der Waals surface area contributed by atoms with Crippen LogP contribution in [0.15, 0.2) is 12.3 Å². The van der Waals surface area contributed by atoms with Crippen LogP contribution in [0, 0.1) is 0 Å². The fourth-order valence-electron chi connectivity index (χ4n) is 0.863. The summed E-state index contributed by atoms with van der Waals surface area (Å²) < 4.78 is 1.76. The van der Waals surface area contributed by atoms with E-state index in [9.17, 15) is 0 Å². The van der Waals surface area contributed by atoms with Crippen molar-refractivity contribution < 1.29 is 0 Å². The summed E-state index contributed by atoms with van der Waals surface area (Å²) in [4.78, 5) is 0. The van der Waals surface area contributed by atoms with E-state index in [2.05, 4.69) is 24.8 Å². The molecular weight excluding hydrogens is 183 g/mol. The maximum absolute atomic E-state index is 5.73. The van der Waals surface area contributed by atoms with Crippen LogP contribution in [-0.2, 0) is 0 Å². The fourth-order valence-corrected chi connectivity index (χ4v) is 1.32. The first-order valence-corrected chi connectivity index (χ1v) is 3.79. The summed E-state index contributed by atoms with van der Waals surface area (Å²) in [7, 11) is 2.48. The zero-order valence-corrected chi connectivity index (χ0v) is 7.31. The van der Waals surface area contributed by atoms with Gasteiger partial charge in [-0.2, -0.15) is 0 Å². The zero-order valence-electron chi connectivity index (χ0n) is 5.40. The minimum absolute atomic E-state index is 0.385. The molecule has 4 nitrogen and oxygen atoms in total. The van der Waals surface area contributed by atoms with Gasteiger partial charge < -0.3 is 4.34 Å². The van der Waals surface area contributed by atoms with Gasteiger partial charge in [0.25, 0.3) is 0 Å². The molecule has 11 heavy (non-hydrogen) atoms. The first kappa shape index (κ1) is 6.95. The molecule has 56 valence electrons. The zero-order chi connectivity index (χ0) is 7.84. The molecule has 2 heterocycles. The van der Waals surface area contributed by atoms with E-state index in [4.69, 9.17) is 11.6 Å². The van der Waals surface area contributed by atoms with E-state index >= 15 is 0 Å². The third-order valence-corrected chi connectivity index (χ3v) is 2.08. The van der Waals surface area contributed by atoms with E-state index in [0.29, 0.717) is 5.15 Å². The molecule has 2 aromatic rings. The van der Waals surface area contributed by atoms with Gasteiger partial charge in [-0.05, 0) is 20.7 Å². The highest BCUT2D eigenvalue weighted by Crippen LogP contribution is 2.20. The number of aromatic nitrogens is 4. The number of hydrogen-bond acceptors (Lipinski definition) is 3. The van der Waals surface area contributed by atoms with E-state index < -0.39 is 0 Å². The maximum Gasteiger partial charge on any atom is 0.170 e. The Bertz CT molecular complexity index is 398. The van der Waals surface area contributed by atoms with Crippen molar-refractivity contribution in [2.45, 2.75) is 0 Å². The van der Waals surface area contributed by atoms with Crippen LogP contribution in [-0.4, -0.2) is 19.7 Å². The Labute approximate surface area is 69.8 Å². The van der Waals surface area contributed by atoms with E-state index in [-0.39, 0.29) is 0 Å². The van der Waals surface area contributed by atoms with Crippen LogP contribution in [0.2, 0.25) is 5.15 Å². The molecule has 1 unspecified atom stereocenters. The molecule has 0 N–H and O–H groups in total. The standard InChI is InChI=1S/C5H4ClN4P/c6-4-3-1-2-10(11)5(3)8-9-7-4/h1-2H,11H2. The predicted molar refractivity (Wildman–Crippen MR) is 45.4 cm³/mol. The second kappa shape index (κ2) is 2.40. The van der Waals surface area contributed by atoms with Gasteiger partial charge in [-0.1, -0.05) is 11.6 Å². The molecule has 0 aromatic carbocycles. The van der Waals surface area contributed by atoms with Crippen molar-refractivity contribution in [3.05, 3.63) is 17.4 Å². The quantitative estimate of drug-likeness (QED) is 0.579. The summed E-state index contributed by atoms with van der Waals surface area (Å²) in [6, 6.07) is 1.84. The monoisotopic (exact) mass is 186 g/mol. The van der Waals surface area contributed by atoms with Crippen LogP contribution in [0.3, 0.4) is 0 Å². The highest BCUT2D eigenvalue weighted by atomic mass is 35.5. The predicted octanol–water partition coefficient (Wildman–Crippen LogP) is 1.12. The molecule has 1 atom stereocenters. The van der Waals surface area contributed by atoms with Crippen molar-refractivity contribution >= 4 is 32.0 Å². The van der Waals surface area contributed by atoms with E-state index in [1.165, 1.54) is 0 Å². The normalized spacial score (nSPS) is 10.7. The van der Waals surface area contributed by atoms with Crippen LogP contribution in [0.4, 0.5) is 0 Å². The van der Waals surface area contributed by atoms with Gasteiger partial charge in [0.1, 0.15) is 0 Å². The Balaban J connectivity index is 2.94. The summed E-state index contributed by atoms with van der Waals surface area (Å²) in [5.41, 5.74) is 0.718. The van der Waals surface area contributed by atoms with Crippen LogP contribution >= 0.6 is 21.0 Å². The van der Waals surface area contributed by atoms with Gasteiger partial charge in [0, 0.05) is 6.20 Å². The molecule has 0 spiro atoms. The molecule has 0 saturated heterocycles. The largest absolute Gasteiger partial charge is 0.315 e. The minimum Gasteiger partial charge on any atom is -0.315 e. The molecule has 0 saturated carbocycles. The van der Waals surface area contributed by atoms with Crippen molar-refractivity contribution in [2.75, 3.05) is 0 Å².